The van der Waals surface area contributed by atoms with Crippen molar-refractivity contribution < 1.29 is 4.42 Å². The molecule has 0 fully saturated rings. The topological polar surface area (TPSA) is 38.1 Å². The van der Waals surface area contributed by atoms with E-state index >= 15 is 0 Å². The van der Waals surface area contributed by atoms with Crippen molar-refractivity contribution >= 4 is 11.8 Å². The number of thioether (sulfide) groups is 1. The molecule has 1 aromatic heterocycles. The van der Waals surface area contributed by atoms with Gasteiger partial charge in [-0.25, -0.2) is 4.98 Å². The molecule has 1 heterocycles. The molecular weight excluding hydrogens is 244 g/mol. The van der Waals surface area contributed by atoms with E-state index in [0.29, 0.717) is 6.54 Å². The Labute approximate surface area is 112 Å². The molecule has 0 bridgehead atoms. The van der Waals surface area contributed by atoms with Crippen molar-refractivity contribution in [1.82, 2.24) is 10.3 Å². The fraction of sp³-hybridized carbons (Fsp3) is 0.357. The summed E-state index contributed by atoms with van der Waals surface area (Å²) in [6.07, 6.45) is 2.70. The average molecular weight is 262 g/mol. The van der Waals surface area contributed by atoms with Crippen molar-refractivity contribution in [3.8, 4) is 0 Å². The molecule has 0 aliphatic heterocycles. The lowest BCUT2D eigenvalue weighted by Crippen LogP contribution is -2.16. The number of nitrogens with one attached hydrogen (secondary N) is 1. The highest BCUT2D eigenvalue weighted by Gasteiger charge is 2.01. The van der Waals surface area contributed by atoms with Crippen LogP contribution in [0.25, 0.3) is 0 Å². The second-order valence-electron chi connectivity index (χ2n) is 3.91. The van der Waals surface area contributed by atoms with Gasteiger partial charge in [0.1, 0.15) is 5.76 Å². The van der Waals surface area contributed by atoms with Crippen LogP contribution in [0.4, 0.5) is 0 Å². The van der Waals surface area contributed by atoms with E-state index in [0.717, 1.165) is 30.4 Å². The first kappa shape index (κ1) is 13.2. The van der Waals surface area contributed by atoms with Crippen LogP contribution in [0.5, 0.6) is 0 Å². The highest BCUT2D eigenvalue weighted by molar-refractivity contribution is 7.99. The number of oxazole rings is 1. The smallest absolute Gasteiger partial charge is 0.208 e. The van der Waals surface area contributed by atoms with Crippen LogP contribution in [0.1, 0.15) is 18.6 Å². The first-order chi connectivity index (χ1) is 8.88. The molecular formula is C14H18N2OS. The Morgan fingerprint density at radius 2 is 2.11 bits per heavy atom. The highest BCUT2D eigenvalue weighted by atomic mass is 32.2. The number of aromatic nitrogens is 1. The Bertz CT molecular complexity index is 456. The second kappa shape index (κ2) is 7.24. The standard InChI is InChI=1S/C14H18N2OS/c1-2-12-10-16-14(17-12)11-15-8-9-18-13-6-4-3-5-7-13/h3-7,10,15H,2,8-9,11H2,1H3. The second-order valence-corrected chi connectivity index (χ2v) is 5.08. The third kappa shape index (κ3) is 4.20. The number of hydrogen-bond donors (Lipinski definition) is 1. The number of aryl methyl sites for hydroxylation is 1. The Hall–Kier alpha value is -1.26. The predicted molar refractivity (Wildman–Crippen MR) is 74.8 cm³/mol. The van der Waals surface area contributed by atoms with Crippen LogP contribution in [-0.2, 0) is 13.0 Å². The molecule has 18 heavy (non-hydrogen) atoms. The van der Waals surface area contributed by atoms with E-state index in [9.17, 15) is 0 Å². The summed E-state index contributed by atoms with van der Waals surface area (Å²) >= 11 is 1.85. The van der Waals surface area contributed by atoms with Crippen LogP contribution in [0.15, 0.2) is 45.8 Å². The molecule has 1 N–H and O–H groups in total. The molecule has 2 aromatic rings. The van der Waals surface area contributed by atoms with Crippen LogP contribution in [0, 0.1) is 0 Å². The summed E-state index contributed by atoms with van der Waals surface area (Å²) in [4.78, 5) is 5.52. The third-order valence-electron chi connectivity index (χ3n) is 2.52. The van der Waals surface area contributed by atoms with E-state index in [-0.39, 0.29) is 0 Å². The van der Waals surface area contributed by atoms with Crippen LogP contribution in [-0.4, -0.2) is 17.3 Å². The molecule has 96 valence electrons. The van der Waals surface area contributed by atoms with Gasteiger partial charge >= 0.3 is 0 Å². The van der Waals surface area contributed by atoms with Gasteiger partial charge in [-0.2, -0.15) is 0 Å². The lowest BCUT2D eigenvalue weighted by molar-refractivity contribution is 0.442. The first-order valence-electron chi connectivity index (χ1n) is 6.20. The average Bonchev–Trinajstić information content (AvgIpc) is 2.87. The summed E-state index contributed by atoms with van der Waals surface area (Å²) in [5, 5.41) is 3.33. The summed E-state index contributed by atoms with van der Waals surface area (Å²) in [5.74, 6) is 2.77. The summed E-state index contributed by atoms with van der Waals surface area (Å²) in [5.41, 5.74) is 0. The van der Waals surface area contributed by atoms with Crippen LogP contribution >= 0.6 is 11.8 Å². The zero-order valence-corrected chi connectivity index (χ0v) is 11.4. The van der Waals surface area contributed by atoms with Crippen molar-refractivity contribution in [1.29, 1.82) is 0 Å². The van der Waals surface area contributed by atoms with Gasteiger partial charge in [0.2, 0.25) is 5.89 Å². The van der Waals surface area contributed by atoms with E-state index in [1.165, 1.54) is 4.90 Å². The summed E-state index contributed by atoms with van der Waals surface area (Å²) in [7, 11) is 0. The van der Waals surface area contributed by atoms with Gasteiger partial charge < -0.3 is 9.73 Å². The van der Waals surface area contributed by atoms with E-state index in [4.69, 9.17) is 4.42 Å². The molecule has 4 heteroatoms. The Morgan fingerprint density at radius 1 is 1.28 bits per heavy atom. The van der Waals surface area contributed by atoms with Crippen molar-refractivity contribution in [3.63, 3.8) is 0 Å². The minimum atomic E-state index is 0.704. The van der Waals surface area contributed by atoms with Crippen LogP contribution in [0.2, 0.25) is 0 Å². The molecule has 2 rings (SSSR count). The van der Waals surface area contributed by atoms with Gasteiger partial charge in [-0.1, -0.05) is 25.1 Å². The van der Waals surface area contributed by atoms with Gasteiger partial charge in [-0.15, -0.1) is 11.8 Å². The van der Waals surface area contributed by atoms with Gasteiger partial charge in [0, 0.05) is 23.6 Å². The van der Waals surface area contributed by atoms with Gasteiger partial charge in [0.15, 0.2) is 0 Å². The Balaban J connectivity index is 1.61. The van der Waals surface area contributed by atoms with Crippen molar-refractivity contribution in [2.24, 2.45) is 0 Å². The van der Waals surface area contributed by atoms with Crippen LogP contribution < -0.4 is 5.32 Å². The Kier molecular flexibility index (Phi) is 5.30. The Morgan fingerprint density at radius 3 is 2.83 bits per heavy atom. The molecule has 0 saturated heterocycles. The molecule has 0 spiro atoms. The zero-order valence-electron chi connectivity index (χ0n) is 10.6. The molecule has 1 aromatic carbocycles. The molecule has 0 unspecified atom stereocenters. The van der Waals surface area contributed by atoms with Gasteiger partial charge in [0.05, 0.1) is 12.7 Å². The number of nitrogens with zero attached hydrogens (tertiary/aromatic N) is 1. The molecule has 0 aliphatic carbocycles. The lowest BCUT2D eigenvalue weighted by atomic mass is 10.4. The van der Waals surface area contributed by atoms with Crippen LogP contribution in [0.3, 0.4) is 0 Å². The maximum Gasteiger partial charge on any atom is 0.208 e. The number of benzene rings is 1. The summed E-state index contributed by atoms with van der Waals surface area (Å²) in [6, 6.07) is 10.4. The molecule has 0 atom stereocenters. The SMILES string of the molecule is CCc1cnc(CNCCSc2ccccc2)o1. The summed E-state index contributed by atoms with van der Waals surface area (Å²) < 4.78 is 5.52. The predicted octanol–water partition coefficient (Wildman–Crippen LogP) is 3.12. The molecule has 3 nitrogen and oxygen atoms in total. The van der Waals surface area contributed by atoms with Crippen molar-refractivity contribution in [3.05, 3.63) is 48.2 Å². The minimum Gasteiger partial charge on any atom is -0.444 e. The number of rotatable bonds is 7. The third-order valence-corrected chi connectivity index (χ3v) is 3.53. The fourth-order valence-corrected chi connectivity index (χ4v) is 2.38. The lowest BCUT2D eigenvalue weighted by Gasteiger charge is -2.02. The molecule has 0 saturated carbocycles. The molecule has 0 radical (unpaired) electrons. The summed E-state index contributed by atoms with van der Waals surface area (Å²) in [6.45, 7) is 3.72. The maximum absolute atomic E-state index is 5.52. The van der Waals surface area contributed by atoms with E-state index in [2.05, 4.69) is 41.5 Å². The monoisotopic (exact) mass is 262 g/mol. The van der Waals surface area contributed by atoms with E-state index < -0.39 is 0 Å². The molecule has 0 amide bonds. The van der Waals surface area contributed by atoms with E-state index in [1.54, 1.807) is 6.20 Å². The van der Waals surface area contributed by atoms with E-state index in [1.807, 2.05) is 17.8 Å². The van der Waals surface area contributed by atoms with Gasteiger partial charge in [-0.05, 0) is 12.1 Å². The normalized spacial score (nSPS) is 10.7. The van der Waals surface area contributed by atoms with Crippen molar-refractivity contribution in [2.45, 2.75) is 24.8 Å². The minimum absolute atomic E-state index is 0.704. The molecule has 0 aliphatic rings. The fourth-order valence-electron chi connectivity index (χ4n) is 1.55. The number of hydrogen-bond acceptors (Lipinski definition) is 4. The van der Waals surface area contributed by atoms with Gasteiger partial charge in [0.25, 0.3) is 0 Å². The zero-order chi connectivity index (χ0) is 12.6. The first-order valence-corrected chi connectivity index (χ1v) is 7.19. The largest absolute Gasteiger partial charge is 0.444 e. The quantitative estimate of drug-likeness (QED) is 0.614. The van der Waals surface area contributed by atoms with Crippen molar-refractivity contribution in [2.75, 3.05) is 12.3 Å². The van der Waals surface area contributed by atoms with Gasteiger partial charge in [-0.3, -0.25) is 0 Å². The maximum atomic E-state index is 5.52. The highest BCUT2D eigenvalue weighted by Crippen LogP contribution is 2.15.